The van der Waals surface area contributed by atoms with Crippen LogP contribution in [0.4, 0.5) is 0 Å². The minimum atomic E-state index is -0.188. The van der Waals surface area contributed by atoms with E-state index >= 15 is 0 Å². The molecule has 1 aromatic rings. The van der Waals surface area contributed by atoms with Crippen LogP contribution in [0.3, 0.4) is 0 Å². The van der Waals surface area contributed by atoms with Gasteiger partial charge in [-0.15, -0.1) is 0 Å². The van der Waals surface area contributed by atoms with E-state index in [2.05, 4.69) is 43.4 Å². The summed E-state index contributed by atoms with van der Waals surface area (Å²) in [5, 5.41) is 0. The van der Waals surface area contributed by atoms with Gasteiger partial charge in [0.2, 0.25) is 0 Å². The molecule has 2 saturated heterocycles. The Labute approximate surface area is 207 Å². The molecule has 10 heteroatoms. The van der Waals surface area contributed by atoms with Gasteiger partial charge in [-0.1, -0.05) is 49.0 Å². The van der Waals surface area contributed by atoms with Crippen molar-refractivity contribution in [2.24, 2.45) is 0 Å². The monoisotopic (exact) mass is 628 g/mol. The van der Waals surface area contributed by atoms with E-state index in [0.29, 0.717) is 0 Å². The number of nitrogens with two attached hydrogens (primary N) is 2. The second-order valence-corrected chi connectivity index (χ2v) is 12.3. The van der Waals surface area contributed by atoms with E-state index in [9.17, 15) is 0 Å². The molecule has 180 valence electrons. The van der Waals surface area contributed by atoms with Crippen molar-refractivity contribution in [3.05, 3.63) is 48.2 Å². The Kier molecular flexibility index (Phi) is 16.4. The van der Waals surface area contributed by atoms with E-state index < -0.39 is 0 Å². The Hall–Kier alpha value is -0.0239. The van der Waals surface area contributed by atoms with Crippen molar-refractivity contribution >= 4 is 24.2 Å². The molecule has 2 aliphatic heterocycles. The van der Waals surface area contributed by atoms with Gasteiger partial charge in [0, 0.05) is 28.9 Å². The maximum Gasteiger partial charge on any atom is 0.488 e. The zero-order valence-electron chi connectivity index (χ0n) is 20.9. The number of hydrogen-bond acceptors (Lipinski definition) is 4. The van der Waals surface area contributed by atoms with Crippen LogP contribution in [0.15, 0.2) is 30.3 Å². The maximum absolute atomic E-state index is 5.21. The summed E-state index contributed by atoms with van der Waals surface area (Å²) in [6.07, 6.45) is 0. The van der Waals surface area contributed by atoms with Crippen molar-refractivity contribution in [1.29, 1.82) is 0 Å². The van der Waals surface area contributed by atoms with Crippen molar-refractivity contribution in [3.63, 3.8) is 0 Å². The first-order valence-corrected chi connectivity index (χ1v) is 12.6. The van der Waals surface area contributed by atoms with Gasteiger partial charge in [-0.2, -0.15) is 0 Å². The molecule has 0 atom stereocenters. The maximum atomic E-state index is 5.21. The molecular weight excluding hydrogens is 586 g/mol. The van der Waals surface area contributed by atoms with Crippen LogP contribution in [0.5, 0.6) is 0 Å². The first-order valence-electron chi connectivity index (χ1n) is 9.88. The summed E-state index contributed by atoms with van der Waals surface area (Å²) in [5.74, 6) is 0. The molecule has 2 heterocycles. The van der Waals surface area contributed by atoms with Gasteiger partial charge in [0.25, 0.3) is 0 Å². The first-order chi connectivity index (χ1) is 12.7. The number of rotatable bonds is 2. The van der Waals surface area contributed by atoms with E-state index in [1.54, 1.807) is 0 Å². The predicted molar refractivity (Wildman–Crippen MR) is 130 cm³/mol. The molecule has 0 spiro atoms. The van der Waals surface area contributed by atoms with Crippen LogP contribution in [0.2, 0.25) is 13.1 Å². The quantitative estimate of drug-likeness (QED) is 0.364. The van der Waals surface area contributed by atoms with Gasteiger partial charge < -0.3 is 30.9 Å². The van der Waals surface area contributed by atoms with E-state index in [1.807, 2.05) is 55.4 Å². The second-order valence-electron chi connectivity index (χ2n) is 9.57. The molecule has 2 fully saturated rings. The van der Waals surface area contributed by atoms with Crippen molar-refractivity contribution in [2.45, 2.75) is 96.9 Å². The van der Waals surface area contributed by atoms with Crippen LogP contribution in [0.25, 0.3) is 12.3 Å². The molecule has 2 aliphatic rings. The summed E-state index contributed by atoms with van der Waals surface area (Å²) in [7, 11) is 2.75. The van der Waals surface area contributed by atoms with Crippen molar-refractivity contribution < 1.29 is 38.7 Å². The fourth-order valence-corrected chi connectivity index (χ4v) is 3.15. The van der Waals surface area contributed by atoms with E-state index in [1.165, 1.54) is 27.0 Å². The zero-order chi connectivity index (χ0) is 21.6. The normalized spacial score (nSPS) is 20.6. The summed E-state index contributed by atoms with van der Waals surface area (Å²) in [6.45, 7) is 20.8. The number of hydrogen-bond donors (Lipinski definition) is 0. The van der Waals surface area contributed by atoms with Crippen molar-refractivity contribution in [3.8, 4) is 0 Å². The second kappa shape index (κ2) is 14.3. The molecule has 0 saturated carbocycles. The zero-order valence-corrected chi connectivity index (χ0v) is 24.3. The van der Waals surface area contributed by atoms with Crippen LogP contribution in [0, 0.1) is 0 Å². The van der Waals surface area contributed by atoms with Crippen LogP contribution >= 0.6 is 0 Å². The molecule has 4 radical (unpaired) electrons. The molecule has 0 bridgehead atoms. The molecule has 0 aromatic heterocycles. The molecular formula is C21H41B2IrN2O4Si-2. The molecule has 1 aromatic carbocycles. The van der Waals surface area contributed by atoms with E-state index in [-0.39, 0.29) is 63.6 Å². The average Bonchev–Trinajstić information content (AvgIpc) is 2.94. The molecule has 0 amide bonds. The molecule has 4 N–H and O–H groups in total. The summed E-state index contributed by atoms with van der Waals surface area (Å²) in [6, 6.07) is 12.0. The Morgan fingerprint density at radius 3 is 1.13 bits per heavy atom. The topological polar surface area (TPSA) is 104 Å². The largest absolute Gasteiger partial charge is 0.693 e. The third-order valence-electron chi connectivity index (χ3n) is 5.67. The van der Waals surface area contributed by atoms with Gasteiger partial charge in [0.1, 0.15) is 0 Å². The number of benzene rings is 1. The Morgan fingerprint density at radius 2 is 0.935 bits per heavy atom. The molecule has 31 heavy (non-hydrogen) atoms. The Balaban J connectivity index is -0.000000362. The smallest absolute Gasteiger partial charge is 0.488 e. The van der Waals surface area contributed by atoms with Gasteiger partial charge in [-0.25, -0.2) is 0 Å². The Bertz CT molecular complexity index is 548. The third kappa shape index (κ3) is 11.1. The third-order valence-corrected chi connectivity index (χ3v) is 6.79. The van der Waals surface area contributed by atoms with Crippen LogP contribution < -0.4 is 0 Å². The molecule has 6 nitrogen and oxygen atoms in total. The molecule has 0 aliphatic carbocycles. The summed E-state index contributed by atoms with van der Waals surface area (Å²) in [5.41, 5.74) is 0.737. The summed E-state index contributed by atoms with van der Waals surface area (Å²) >= 11 is 0. The van der Waals surface area contributed by atoms with E-state index in [4.69, 9.17) is 18.6 Å². The van der Waals surface area contributed by atoms with Crippen LogP contribution in [0.1, 0.15) is 61.0 Å². The van der Waals surface area contributed by atoms with E-state index in [0.717, 1.165) is 0 Å². The Morgan fingerprint density at radius 1 is 0.645 bits per heavy atom. The predicted octanol–water partition coefficient (Wildman–Crippen LogP) is 6.20. The summed E-state index contributed by atoms with van der Waals surface area (Å²) < 4.78 is 20.8. The fraction of sp³-hybridized carbons (Fsp3) is 0.714. The van der Waals surface area contributed by atoms with Crippen LogP contribution in [-0.4, -0.2) is 46.6 Å². The first kappa shape index (κ1) is 35.6. The molecule has 0 unspecified atom stereocenters. The standard InChI is InChI=1S/C9H13Si.2C6H12BO2.Ir.2H2N/c1-10(2)8-9-6-4-3-5-7-9;2*1-5(2)6(3,4)9-7-8-5;;;/h3-7H,8H2,1-2H3;2*1-4H3;;2*1H2/q;;;;2*-1. The summed E-state index contributed by atoms with van der Waals surface area (Å²) in [4.78, 5) is 0. The van der Waals surface area contributed by atoms with Gasteiger partial charge in [0.05, 0.1) is 22.4 Å². The average molecular weight is 627 g/mol. The van der Waals surface area contributed by atoms with Gasteiger partial charge in [-0.3, -0.25) is 0 Å². The van der Waals surface area contributed by atoms with Gasteiger partial charge in [-0.05, 0) is 61.4 Å². The van der Waals surface area contributed by atoms with Crippen molar-refractivity contribution in [2.75, 3.05) is 0 Å². The van der Waals surface area contributed by atoms with Gasteiger partial charge in [0.15, 0.2) is 0 Å². The SMILES string of the molecule is CC1(C)O[B]OC1(C)C.CC1(C)O[B]OC1(C)C.C[Si](C)Cc1ccccc1.[Ir].[NH2-].[NH2-]. The fourth-order valence-electron chi connectivity index (χ4n) is 2.10. The minimum absolute atomic E-state index is 0. The molecule has 3 rings (SSSR count). The minimum Gasteiger partial charge on any atom is -0.693 e. The van der Waals surface area contributed by atoms with Crippen molar-refractivity contribution in [1.82, 2.24) is 0 Å². The van der Waals surface area contributed by atoms with Crippen LogP contribution in [-0.2, 0) is 44.8 Å². The van der Waals surface area contributed by atoms with Gasteiger partial charge >= 0.3 is 15.4 Å².